The molecule has 0 saturated heterocycles. The van der Waals surface area contributed by atoms with Crippen molar-refractivity contribution in [3.63, 3.8) is 0 Å². The largest absolute Gasteiger partial charge is 0.395 e. The fourth-order valence-corrected chi connectivity index (χ4v) is 1.58. The first-order valence-electron chi connectivity index (χ1n) is 6.67. The number of hydrogen-bond acceptors (Lipinski definition) is 6. The van der Waals surface area contributed by atoms with Crippen molar-refractivity contribution in [3.8, 4) is 0 Å². The molecule has 1 aromatic heterocycles. The van der Waals surface area contributed by atoms with Gasteiger partial charge in [-0.15, -0.1) is 0 Å². The summed E-state index contributed by atoms with van der Waals surface area (Å²) in [6, 6.07) is 0. The lowest BCUT2D eigenvalue weighted by Gasteiger charge is -2.20. The van der Waals surface area contributed by atoms with Gasteiger partial charge in [0.1, 0.15) is 11.5 Å². The quantitative estimate of drug-likeness (QED) is 0.681. The molecule has 0 fully saturated rings. The molecule has 0 unspecified atom stereocenters. The van der Waals surface area contributed by atoms with E-state index < -0.39 is 0 Å². The van der Waals surface area contributed by atoms with Crippen LogP contribution < -0.4 is 5.32 Å². The molecule has 7 nitrogen and oxygen atoms in total. The van der Waals surface area contributed by atoms with E-state index in [1.165, 1.54) is 17.3 Å². The summed E-state index contributed by atoms with van der Waals surface area (Å²) in [6.45, 7) is 3.84. The Balaban J connectivity index is 2.67. The summed E-state index contributed by atoms with van der Waals surface area (Å²) < 4.78 is 4.95. The van der Waals surface area contributed by atoms with Crippen molar-refractivity contribution in [1.82, 2.24) is 14.9 Å². The third-order valence-corrected chi connectivity index (χ3v) is 2.65. The van der Waals surface area contributed by atoms with Crippen LogP contribution in [0.3, 0.4) is 0 Å². The first kappa shape index (κ1) is 16.3. The lowest BCUT2D eigenvalue weighted by atomic mass is 10.3. The van der Waals surface area contributed by atoms with E-state index in [2.05, 4.69) is 22.2 Å². The van der Waals surface area contributed by atoms with Crippen LogP contribution in [0, 0.1) is 0 Å². The van der Waals surface area contributed by atoms with Gasteiger partial charge in [0.15, 0.2) is 0 Å². The zero-order chi connectivity index (χ0) is 14.8. The molecule has 0 aliphatic heterocycles. The average Bonchev–Trinajstić information content (AvgIpc) is 2.49. The third kappa shape index (κ3) is 5.10. The number of carbonyl (C=O) groups excluding carboxylic acids is 1. The zero-order valence-electron chi connectivity index (χ0n) is 12.0. The number of aromatic nitrogens is 2. The molecule has 0 aliphatic rings. The molecule has 1 heterocycles. The number of rotatable bonds is 9. The van der Waals surface area contributed by atoms with E-state index in [0.29, 0.717) is 19.0 Å². The number of nitrogens with zero attached hydrogens (tertiary/aromatic N) is 3. The molecule has 0 saturated carbocycles. The van der Waals surface area contributed by atoms with E-state index >= 15 is 0 Å². The Bertz CT molecular complexity index is 397. The summed E-state index contributed by atoms with van der Waals surface area (Å²) in [5.74, 6) is 0.389. The molecule has 0 spiro atoms. The number of anilines is 1. The van der Waals surface area contributed by atoms with Gasteiger partial charge in [-0.2, -0.15) is 0 Å². The Morgan fingerprint density at radius 1 is 1.40 bits per heavy atom. The number of nitrogens with one attached hydrogen (secondary N) is 1. The highest BCUT2D eigenvalue weighted by atomic mass is 16.5. The lowest BCUT2D eigenvalue weighted by Crippen LogP contribution is -2.36. The van der Waals surface area contributed by atoms with E-state index in [1.54, 1.807) is 7.11 Å². The second-order valence-electron chi connectivity index (χ2n) is 4.22. The number of aliphatic hydroxyl groups is 1. The summed E-state index contributed by atoms with van der Waals surface area (Å²) in [5, 5.41) is 12.1. The highest BCUT2D eigenvalue weighted by Crippen LogP contribution is 2.04. The minimum Gasteiger partial charge on any atom is -0.395 e. The van der Waals surface area contributed by atoms with Crippen molar-refractivity contribution in [2.45, 2.75) is 13.3 Å². The molecule has 0 aliphatic carbocycles. The maximum atomic E-state index is 12.2. The Kier molecular flexibility index (Phi) is 7.52. The molecule has 1 amide bonds. The smallest absolute Gasteiger partial charge is 0.274 e. The molecule has 7 heteroatoms. The van der Waals surface area contributed by atoms with Gasteiger partial charge in [0.05, 0.1) is 25.6 Å². The van der Waals surface area contributed by atoms with Crippen molar-refractivity contribution in [3.05, 3.63) is 18.1 Å². The molecular weight excluding hydrogens is 260 g/mol. The second kappa shape index (κ2) is 9.22. The number of methoxy groups -OCH3 is 1. The highest BCUT2D eigenvalue weighted by molar-refractivity contribution is 5.92. The standard InChI is InChI=1S/C13H22N4O3/c1-3-4-14-12-10-15-11(9-16-12)13(19)17(5-7-18)6-8-20-2/h9-10,18H,3-8H2,1-2H3,(H,14,16). The van der Waals surface area contributed by atoms with E-state index in [0.717, 1.165) is 13.0 Å². The SMILES string of the molecule is CCCNc1cnc(C(=O)N(CCO)CCOC)cn1. The number of ether oxygens (including phenoxy) is 1. The molecule has 0 radical (unpaired) electrons. The predicted octanol–water partition coefficient (Wildman–Crippen LogP) is 0.379. The van der Waals surface area contributed by atoms with Gasteiger partial charge in [-0.3, -0.25) is 4.79 Å². The van der Waals surface area contributed by atoms with Gasteiger partial charge < -0.3 is 20.1 Å². The van der Waals surface area contributed by atoms with Gasteiger partial charge >= 0.3 is 0 Å². The topological polar surface area (TPSA) is 87.6 Å². The van der Waals surface area contributed by atoms with E-state index in [-0.39, 0.29) is 24.8 Å². The maximum Gasteiger partial charge on any atom is 0.274 e. The first-order valence-corrected chi connectivity index (χ1v) is 6.67. The monoisotopic (exact) mass is 282 g/mol. The van der Waals surface area contributed by atoms with Gasteiger partial charge in [-0.25, -0.2) is 9.97 Å². The summed E-state index contributed by atoms with van der Waals surface area (Å²) in [6.07, 6.45) is 3.97. The maximum absolute atomic E-state index is 12.2. The van der Waals surface area contributed by atoms with Crippen LogP contribution >= 0.6 is 0 Å². The minimum atomic E-state index is -0.259. The van der Waals surface area contributed by atoms with Gasteiger partial charge in [0.2, 0.25) is 0 Å². The van der Waals surface area contributed by atoms with Gasteiger partial charge in [-0.05, 0) is 6.42 Å². The minimum absolute atomic E-state index is 0.0982. The van der Waals surface area contributed by atoms with Crippen LogP contribution in [-0.2, 0) is 4.74 Å². The van der Waals surface area contributed by atoms with Crippen molar-refractivity contribution in [1.29, 1.82) is 0 Å². The Hall–Kier alpha value is -1.73. The second-order valence-corrected chi connectivity index (χ2v) is 4.22. The summed E-state index contributed by atoms with van der Waals surface area (Å²) in [7, 11) is 1.57. The summed E-state index contributed by atoms with van der Waals surface area (Å²) >= 11 is 0. The fraction of sp³-hybridized carbons (Fsp3) is 0.615. The normalized spacial score (nSPS) is 10.3. The van der Waals surface area contributed by atoms with Crippen molar-refractivity contribution in [2.24, 2.45) is 0 Å². The van der Waals surface area contributed by atoms with Crippen LogP contribution in [0.2, 0.25) is 0 Å². The molecule has 0 atom stereocenters. The molecule has 1 rings (SSSR count). The van der Waals surface area contributed by atoms with E-state index in [4.69, 9.17) is 9.84 Å². The van der Waals surface area contributed by atoms with Crippen LogP contribution in [0.5, 0.6) is 0 Å². The van der Waals surface area contributed by atoms with E-state index in [9.17, 15) is 4.79 Å². The molecule has 0 bridgehead atoms. The molecule has 20 heavy (non-hydrogen) atoms. The van der Waals surface area contributed by atoms with Crippen molar-refractivity contribution in [2.75, 3.05) is 45.3 Å². The Morgan fingerprint density at radius 2 is 2.20 bits per heavy atom. The van der Waals surface area contributed by atoms with E-state index in [1.807, 2.05) is 0 Å². The zero-order valence-corrected chi connectivity index (χ0v) is 12.0. The molecule has 112 valence electrons. The van der Waals surface area contributed by atoms with Crippen LogP contribution in [-0.4, -0.2) is 65.8 Å². The lowest BCUT2D eigenvalue weighted by molar-refractivity contribution is 0.0650. The Labute approximate surface area is 119 Å². The fourth-order valence-electron chi connectivity index (χ4n) is 1.58. The van der Waals surface area contributed by atoms with Crippen LogP contribution in [0.1, 0.15) is 23.8 Å². The third-order valence-electron chi connectivity index (χ3n) is 2.65. The van der Waals surface area contributed by atoms with Gasteiger partial charge in [-0.1, -0.05) is 6.92 Å². The molecule has 0 aromatic carbocycles. The van der Waals surface area contributed by atoms with Crippen LogP contribution in [0.4, 0.5) is 5.82 Å². The number of carbonyl (C=O) groups is 1. The predicted molar refractivity (Wildman–Crippen MR) is 75.7 cm³/mol. The van der Waals surface area contributed by atoms with Crippen LogP contribution in [0.25, 0.3) is 0 Å². The highest BCUT2D eigenvalue weighted by Gasteiger charge is 2.16. The van der Waals surface area contributed by atoms with Gasteiger partial charge in [0.25, 0.3) is 5.91 Å². The molecule has 1 aromatic rings. The van der Waals surface area contributed by atoms with Crippen molar-refractivity contribution < 1.29 is 14.6 Å². The van der Waals surface area contributed by atoms with Gasteiger partial charge in [0, 0.05) is 26.7 Å². The Morgan fingerprint density at radius 3 is 2.75 bits per heavy atom. The molecular formula is C13H22N4O3. The summed E-state index contributed by atoms with van der Waals surface area (Å²) in [5.41, 5.74) is 0.261. The molecule has 2 N–H and O–H groups in total. The average molecular weight is 282 g/mol. The number of aliphatic hydroxyl groups excluding tert-OH is 1. The van der Waals surface area contributed by atoms with Crippen molar-refractivity contribution >= 4 is 11.7 Å². The van der Waals surface area contributed by atoms with Crippen LogP contribution in [0.15, 0.2) is 12.4 Å². The number of amides is 1. The number of hydrogen-bond donors (Lipinski definition) is 2. The summed E-state index contributed by atoms with van der Waals surface area (Å²) in [4.78, 5) is 21.9. The first-order chi connectivity index (χ1) is 9.72.